The highest BCUT2D eigenvalue weighted by Crippen LogP contribution is 2.27. The normalized spacial score (nSPS) is 12.1. The van der Waals surface area contributed by atoms with Crippen molar-refractivity contribution in [1.82, 2.24) is 14.8 Å². The molecule has 2 rings (SSSR count). The van der Waals surface area contributed by atoms with Crippen LogP contribution in [0.25, 0.3) is 11.4 Å². The molecule has 0 aliphatic heterocycles. The lowest BCUT2D eigenvalue weighted by atomic mass is 10.1. The van der Waals surface area contributed by atoms with E-state index in [1.165, 1.54) is 4.57 Å². The number of hydrogen-bond donors (Lipinski definition) is 1. The van der Waals surface area contributed by atoms with Gasteiger partial charge in [0.25, 0.3) is 15.2 Å². The number of benzene rings is 1. The number of aryl methyl sites for hydroxylation is 1. The van der Waals surface area contributed by atoms with E-state index < -0.39 is 10.0 Å². The summed E-state index contributed by atoms with van der Waals surface area (Å²) in [7, 11) is -3.91. The SMILES string of the molecule is Cc1cc(Br)cc(-c2nnc(S(N)(=O)=O)n2C(C)C)c1. The van der Waals surface area contributed by atoms with Crippen LogP contribution in [0.2, 0.25) is 0 Å². The quantitative estimate of drug-likeness (QED) is 0.910. The van der Waals surface area contributed by atoms with Crippen LogP contribution in [-0.4, -0.2) is 23.2 Å². The second-order valence-electron chi connectivity index (χ2n) is 4.83. The molecule has 6 nitrogen and oxygen atoms in total. The Labute approximate surface area is 126 Å². The molecule has 0 unspecified atom stereocenters. The molecule has 8 heteroatoms. The summed E-state index contributed by atoms with van der Waals surface area (Å²) in [6.07, 6.45) is 0. The van der Waals surface area contributed by atoms with Crippen LogP contribution in [0.1, 0.15) is 25.5 Å². The van der Waals surface area contributed by atoms with Gasteiger partial charge in [-0.3, -0.25) is 4.57 Å². The molecule has 0 aliphatic rings. The van der Waals surface area contributed by atoms with E-state index in [4.69, 9.17) is 5.14 Å². The van der Waals surface area contributed by atoms with Gasteiger partial charge in [0, 0.05) is 16.1 Å². The Kier molecular flexibility index (Phi) is 3.99. The van der Waals surface area contributed by atoms with Gasteiger partial charge in [-0.2, -0.15) is 0 Å². The minimum absolute atomic E-state index is 0.132. The molecule has 0 fully saturated rings. The largest absolute Gasteiger partial charge is 0.294 e. The average Bonchev–Trinajstić information content (AvgIpc) is 2.71. The molecule has 0 amide bonds. The van der Waals surface area contributed by atoms with Crippen molar-refractivity contribution in [2.24, 2.45) is 5.14 Å². The Morgan fingerprint density at radius 2 is 1.90 bits per heavy atom. The number of hydrogen-bond acceptors (Lipinski definition) is 4. The van der Waals surface area contributed by atoms with E-state index in [2.05, 4.69) is 26.1 Å². The molecule has 1 aromatic heterocycles. The highest BCUT2D eigenvalue weighted by atomic mass is 79.9. The van der Waals surface area contributed by atoms with Crippen LogP contribution < -0.4 is 5.14 Å². The van der Waals surface area contributed by atoms with E-state index in [1.54, 1.807) is 0 Å². The molecule has 0 spiro atoms. The molecule has 20 heavy (non-hydrogen) atoms. The summed E-state index contributed by atoms with van der Waals surface area (Å²) in [5, 5.41) is 12.7. The molecule has 2 aromatic rings. The third-order valence-corrected chi connectivity index (χ3v) is 3.98. The van der Waals surface area contributed by atoms with Gasteiger partial charge in [-0.05, 0) is 44.5 Å². The summed E-state index contributed by atoms with van der Waals surface area (Å²) in [5.74, 6) is 0.480. The summed E-state index contributed by atoms with van der Waals surface area (Å²) < 4.78 is 25.6. The lowest BCUT2D eigenvalue weighted by molar-refractivity contribution is 0.524. The van der Waals surface area contributed by atoms with Gasteiger partial charge in [-0.1, -0.05) is 15.9 Å². The zero-order valence-electron chi connectivity index (χ0n) is 11.3. The van der Waals surface area contributed by atoms with Gasteiger partial charge in [-0.15, -0.1) is 10.2 Å². The van der Waals surface area contributed by atoms with Gasteiger partial charge in [0.05, 0.1) is 0 Å². The summed E-state index contributed by atoms with van der Waals surface area (Å²) >= 11 is 3.42. The van der Waals surface area contributed by atoms with E-state index in [1.807, 2.05) is 39.0 Å². The summed E-state index contributed by atoms with van der Waals surface area (Å²) in [6, 6.07) is 5.61. The summed E-state index contributed by atoms with van der Waals surface area (Å²) in [5.41, 5.74) is 1.82. The third-order valence-electron chi connectivity index (χ3n) is 2.74. The Morgan fingerprint density at radius 3 is 2.40 bits per heavy atom. The predicted octanol–water partition coefficient (Wildman–Crippen LogP) is 2.24. The fraction of sp³-hybridized carbons (Fsp3) is 0.333. The topological polar surface area (TPSA) is 90.9 Å². The minimum atomic E-state index is -3.91. The molecule has 1 heterocycles. The van der Waals surface area contributed by atoms with Gasteiger partial charge >= 0.3 is 0 Å². The number of rotatable bonds is 3. The maximum absolute atomic E-state index is 11.6. The van der Waals surface area contributed by atoms with E-state index in [0.717, 1.165) is 15.6 Å². The molecule has 0 saturated heterocycles. The van der Waals surface area contributed by atoms with Gasteiger partial charge in [0.15, 0.2) is 5.82 Å². The number of halogens is 1. The maximum atomic E-state index is 11.6. The Bertz CT molecular complexity index is 733. The van der Waals surface area contributed by atoms with Gasteiger partial charge in [0.2, 0.25) is 0 Å². The Morgan fingerprint density at radius 1 is 1.25 bits per heavy atom. The molecule has 0 bridgehead atoms. The van der Waals surface area contributed by atoms with Crippen LogP contribution >= 0.6 is 15.9 Å². The number of sulfonamides is 1. The molecule has 0 aliphatic carbocycles. The van der Waals surface area contributed by atoms with Gasteiger partial charge in [-0.25, -0.2) is 13.6 Å². The first kappa shape index (κ1) is 15.1. The maximum Gasteiger partial charge on any atom is 0.273 e. The molecular weight excluding hydrogens is 344 g/mol. The van der Waals surface area contributed by atoms with E-state index >= 15 is 0 Å². The fourth-order valence-electron chi connectivity index (χ4n) is 2.00. The minimum Gasteiger partial charge on any atom is -0.294 e. The molecule has 1 aromatic carbocycles. The van der Waals surface area contributed by atoms with Crippen molar-refractivity contribution in [3.8, 4) is 11.4 Å². The lowest BCUT2D eigenvalue weighted by Crippen LogP contribution is -2.20. The fourth-order valence-corrected chi connectivity index (χ4v) is 3.33. The first-order valence-corrected chi connectivity index (χ1v) is 8.29. The molecular formula is C12H15BrN4O2S. The van der Waals surface area contributed by atoms with Crippen molar-refractivity contribution in [3.05, 3.63) is 28.2 Å². The second-order valence-corrected chi connectivity index (χ2v) is 7.20. The number of nitrogens with two attached hydrogens (primary N) is 1. The first-order valence-electron chi connectivity index (χ1n) is 5.95. The van der Waals surface area contributed by atoms with Crippen molar-refractivity contribution in [2.75, 3.05) is 0 Å². The number of nitrogens with zero attached hydrogens (tertiary/aromatic N) is 3. The highest BCUT2D eigenvalue weighted by Gasteiger charge is 2.23. The van der Waals surface area contributed by atoms with Crippen molar-refractivity contribution in [1.29, 1.82) is 0 Å². The lowest BCUT2D eigenvalue weighted by Gasteiger charge is -2.13. The predicted molar refractivity (Wildman–Crippen MR) is 79.7 cm³/mol. The molecule has 0 radical (unpaired) electrons. The first-order chi connectivity index (χ1) is 9.20. The zero-order chi connectivity index (χ0) is 15.1. The van der Waals surface area contributed by atoms with Crippen LogP contribution in [0.15, 0.2) is 27.8 Å². The highest BCUT2D eigenvalue weighted by molar-refractivity contribution is 9.10. The average molecular weight is 359 g/mol. The van der Waals surface area contributed by atoms with Gasteiger partial charge in [0.1, 0.15) is 0 Å². The van der Waals surface area contributed by atoms with Crippen molar-refractivity contribution >= 4 is 26.0 Å². The van der Waals surface area contributed by atoms with Crippen LogP contribution in [0.3, 0.4) is 0 Å². The van der Waals surface area contributed by atoms with Crippen molar-refractivity contribution in [3.63, 3.8) is 0 Å². The van der Waals surface area contributed by atoms with Crippen LogP contribution in [0.5, 0.6) is 0 Å². The van der Waals surface area contributed by atoms with E-state index in [0.29, 0.717) is 5.82 Å². The Hall–Kier alpha value is -1.25. The third kappa shape index (κ3) is 2.92. The smallest absolute Gasteiger partial charge is 0.273 e. The van der Waals surface area contributed by atoms with Crippen LogP contribution in [0, 0.1) is 6.92 Å². The van der Waals surface area contributed by atoms with Crippen molar-refractivity contribution < 1.29 is 8.42 Å². The molecule has 0 saturated carbocycles. The number of primary sulfonamides is 1. The summed E-state index contributed by atoms with van der Waals surface area (Å²) in [6.45, 7) is 5.66. The zero-order valence-corrected chi connectivity index (χ0v) is 13.7. The van der Waals surface area contributed by atoms with E-state index in [-0.39, 0.29) is 11.2 Å². The van der Waals surface area contributed by atoms with Crippen molar-refractivity contribution in [2.45, 2.75) is 32.0 Å². The van der Waals surface area contributed by atoms with Crippen LogP contribution in [-0.2, 0) is 10.0 Å². The monoisotopic (exact) mass is 358 g/mol. The summed E-state index contributed by atoms with van der Waals surface area (Å²) in [4.78, 5) is 0. The number of aromatic nitrogens is 3. The van der Waals surface area contributed by atoms with Gasteiger partial charge < -0.3 is 0 Å². The van der Waals surface area contributed by atoms with E-state index in [9.17, 15) is 8.42 Å². The van der Waals surface area contributed by atoms with Crippen LogP contribution in [0.4, 0.5) is 0 Å². The molecule has 2 N–H and O–H groups in total. The molecule has 108 valence electrons. The molecule has 0 atom stereocenters. The standard InChI is InChI=1S/C12H15BrN4O2S/c1-7(2)17-11(15-16-12(17)20(14,18)19)9-4-8(3)5-10(13)6-9/h4-7H,1-3H3,(H2,14,18,19). The second kappa shape index (κ2) is 5.27. The Balaban J connectivity index is 2.72.